The molecule has 0 aromatic heterocycles. The molecule has 0 fully saturated rings. The second kappa shape index (κ2) is 7.80. The van der Waals surface area contributed by atoms with Crippen LogP contribution in [0.25, 0.3) is 0 Å². The third-order valence-corrected chi connectivity index (χ3v) is 2.12. The highest BCUT2D eigenvalue weighted by Crippen LogP contribution is 2.21. The van der Waals surface area contributed by atoms with Crippen LogP contribution in [-0.4, -0.2) is 43.3 Å². The number of urea groups is 1. The van der Waals surface area contributed by atoms with Gasteiger partial charge in [0, 0.05) is 11.8 Å². The van der Waals surface area contributed by atoms with Gasteiger partial charge < -0.3 is 19.9 Å². The zero-order valence-electron chi connectivity index (χ0n) is 11.0. The Labute approximate surface area is 118 Å². The van der Waals surface area contributed by atoms with Gasteiger partial charge in [0.2, 0.25) is 0 Å². The molecular formula is C12H13FN2O6. The average molecular weight is 300 g/mol. The number of hydrogen-bond acceptors (Lipinski definition) is 5. The molecule has 0 spiro atoms. The van der Waals surface area contributed by atoms with Crippen molar-refractivity contribution in [2.75, 3.05) is 25.6 Å². The number of benzene rings is 1. The van der Waals surface area contributed by atoms with Crippen LogP contribution in [0.15, 0.2) is 18.2 Å². The van der Waals surface area contributed by atoms with Gasteiger partial charge in [0.1, 0.15) is 13.2 Å². The fourth-order valence-corrected chi connectivity index (χ4v) is 1.29. The Morgan fingerprint density at radius 2 is 2.00 bits per heavy atom. The first kappa shape index (κ1) is 16.4. The molecule has 0 aliphatic rings. The minimum Gasteiger partial charge on any atom is -0.494 e. The lowest BCUT2D eigenvalue weighted by Gasteiger charge is -2.08. The molecule has 21 heavy (non-hydrogen) atoms. The highest BCUT2D eigenvalue weighted by molar-refractivity contribution is 6.01. The van der Waals surface area contributed by atoms with Gasteiger partial charge >= 0.3 is 12.0 Å². The number of aliphatic carboxylic acids is 1. The van der Waals surface area contributed by atoms with Crippen molar-refractivity contribution in [2.45, 2.75) is 0 Å². The molecule has 0 radical (unpaired) electrons. The standard InChI is InChI=1S/C12H13FN2O6/c1-20-9-4-7(2-3-8(9)13)14-12(19)15-10(16)5-21-6-11(17)18/h2-4H,5-6H2,1H3,(H,17,18)(H2,14,15,16,19). The van der Waals surface area contributed by atoms with Crippen LogP contribution in [0.3, 0.4) is 0 Å². The van der Waals surface area contributed by atoms with Gasteiger partial charge in [-0.25, -0.2) is 14.0 Å². The summed E-state index contributed by atoms with van der Waals surface area (Å²) in [5.74, 6) is -2.71. The minimum absolute atomic E-state index is 0.0658. The van der Waals surface area contributed by atoms with Crippen molar-refractivity contribution in [1.82, 2.24) is 5.32 Å². The highest BCUT2D eigenvalue weighted by Gasteiger charge is 2.10. The smallest absolute Gasteiger partial charge is 0.329 e. The molecule has 0 bridgehead atoms. The van der Waals surface area contributed by atoms with Crippen LogP contribution in [0.4, 0.5) is 14.9 Å². The number of halogens is 1. The van der Waals surface area contributed by atoms with Crippen LogP contribution >= 0.6 is 0 Å². The van der Waals surface area contributed by atoms with Crippen molar-refractivity contribution in [3.63, 3.8) is 0 Å². The fourth-order valence-electron chi connectivity index (χ4n) is 1.29. The molecule has 0 saturated heterocycles. The molecule has 1 aromatic carbocycles. The molecular weight excluding hydrogens is 287 g/mol. The molecule has 8 nitrogen and oxygen atoms in total. The van der Waals surface area contributed by atoms with Crippen LogP contribution < -0.4 is 15.4 Å². The zero-order chi connectivity index (χ0) is 15.8. The lowest BCUT2D eigenvalue weighted by atomic mass is 10.3. The summed E-state index contributed by atoms with van der Waals surface area (Å²) < 4.78 is 22.4. The number of nitrogens with one attached hydrogen (secondary N) is 2. The van der Waals surface area contributed by atoms with Gasteiger partial charge in [0.15, 0.2) is 11.6 Å². The van der Waals surface area contributed by atoms with E-state index in [0.29, 0.717) is 0 Å². The molecule has 0 atom stereocenters. The second-order valence-corrected chi connectivity index (χ2v) is 3.74. The SMILES string of the molecule is COc1cc(NC(=O)NC(=O)COCC(=O)O)ccc1F. The van der Waals surface area contributed by atoms with E-state index in [-0.39, 0.29) is 11.4 Å². The number of methoxy groups -OCH3 is 1. The van der Waals surface area contributed by atoms with Crippen molar-refractivity contribution in [1.29, 1.82) is 0 Å². The Bertz CT molecular complexity index is 549. The van der Waals surface area contributed by atoms with Crippen LogP contribution in [0, 0.1) is 5.82 Å². The Morgan fingerprint density at radius 1 is 1.29 bits per heavy atom. The third kappa shape index (κ3) is 5.87. The van der Waals surface area contributed by atoms with E-state index >= 15 is 0 Å². The zero-order valence-corrected chi connectivity index (χ0v) is 11.0. The average Bonchev–Trinajstić information content (AvgIpc) is 2.40. The predicted octanol–water partition coefficient (Wildman–Crippen LogP) is 0.584. The van der Waals surface area contributed by atoms with Crippen molar-refractivity contribution in [3.8, 4) is 5.75 Å². The Hall–Kier alpha value is -2.68. The molecule has 1 rings (SSSR count). The Kier molecular flexibility index (Phi) is 6.08. The number of carbonyl (C=O) groups is 3. The number of amides is 3. The number of ether oxygens (including phenoxy) is 2. The van der Waals surface area contributed by atoms with E-state index in [1.54, 1.807) is 0 Å². The number of rotatable bonds is 6. The normalized spacial score (nSPS) is 9.81. The number of carboxylic acid groups (broad SMARTS) is 1. The van der Waals surface area contributed by atoms with Gasteiger partial charge in [0.25, 0.3) is 5.91 Å². The van der Waals surface area contributed by atoms with E-state index in [1.165, 1.54) is 19.2 Å². The topological polar surface area (TPSA) is 114 Å². The van der Waals surface area contributed by atoms with Crippen molar-refractivity contribution in [3.05, 3.63) is 24.0 Å². The maximum Gasteiger partial charge on any atom is 0.329 e. The first-order valence-electron chi connectivity index (χ1n) is 5.66. The van der Waals surface area contributed by atoms with Crippen molar-refractivity contribution < 1.29 is 33.4 Å². The summed E-state index contributed by atoms with van der Waals surface area (Å²) >= 11 is 0. The molecule has 0 aliphatic carbocycles. The van der Waals surface area contributed by atoms with E-state index < -0.39 is 36.9 Å². The summed E-state index contributed by atoms with van der Waals surface area (Å²) in [6, 6.07) is 2.74. The predicted molar refractivity (Wildman–Crippen MR) is 68.6 cm³/mol. The number of imide groups is 1. The largest absolute Gasteiger partial charge is 0.494 e. The van der Waals surface area contributed by atoms with E-state index in [4.69, 9.17) is 9.84 Å². The number of carboxylic acids is 1. The van der Waals surface area contributed by atoms with Gasteiger partial charge in [-0.05, 0) is 12.1 Å². The number of carbonyl (C=O) groups excluding carboxylic acids is 2. The lowest BCUT2D eigenvalue weighted by Crippen LogP contribution is -2.37. The van der Waals surface area contributed by atoms with E-state index in [2.05, 4.69) is 10.1 Å². The quantitative estimate of drug-likeness (QED) is 0.708. The molecule has 114 valence electrons. The maximum atomic E-state index is 13.2. The van der Waals surface area contributed by atoms with Crippen LogP contribution in [0.5, 0.6) is 5.75 Å². The molecule has 9 heteroatoms. The van der Waals surface area contributed by atoms with Crippen LogP contribution in [0.2, 0.25) is 0 Å². The van der Waals surface area contributed by atoms with Crippen molar-refractivity contribution in [2.24, 2.45) is 0 Å². The summed E-state index contributed by atoms with van der Waals surface area (Å²) in [5.41, 5.74) is 0.213. The van der Waals surface area contributed by atoms with Gasteiger partial charge in [0.05, 0.1) is 7.11 Å². The summed E-state index contributed by atoms with van der Waals surface area (Å²) in [7, 11) is 1.27. The minimum atomic E-state index is -1.23. The summed E-state index contributed by atoms with van der Waals surface area (Å²) in [5, 5.41) is 12.5. The molecule has 0 saturated carbocycles. The summed E-state index contributed by atoms with van der Waals surface area (Å²) in [6.07, 6.45) is 0. The first-order chi connectivity index (χ1) is 9.92. The number of hydrogen-bond donors (Lipinski definition) is 3. The fraction of sp³-hybridized carbons (Fsp3) is 0.250. The third-order valence-electron chi connectivity index (χ3n) is 2.12. The van der Waals surface area contributed by atoms with Crippen molar-refractivity contribution >= 4 is 23.6 Å². The maximum absolute atomic E-state index is 13.2. The Balaban J connectivity index is 2.46. The first-order valence-corrected chi connectivity index (χ1v) is 5.66. The van der Waals surface area contributed by atoms with E-state index in [1.807, 2.05) is 5.32 Å². The molecule has 0 aliphatic heterocycles. The molecule has 1 aromatic rings. The summed E-state index contributed by atoms with van der Waals surface area (Å²) in [6.45, 7) is -1.23. The molecule has 3 amide bonds. The van der Waals surface area contributed by atoms with Gasteiger partial charge in [-0.3, -0.25) is 10.1 Å². The van der Waals surface area contributed by atoms with Crippen LogP contribution in [0.1, 0.15) is 0 Å². The lowest BCUT2D eigenvalue weighted by molar-refractivity contribution is -0.143. The molecule has 0 unspecified atom stereocenters. The van der Waals surface area contributed by atoms with Gasteiger partial charge in [-0.2, -0.15) is 0 Å². The summed E-state index contributed by atoms with van der Waals surface area (Å²) in [4.78, 5) is 32.8. The molecule has 3 N–H and O–H groups in total. The van der Waals surface area contributed by atoms with E-state index in [9.17, 15) is 18.8 Å². The highest BCUT2D eigenvalue weighted by atomic mass is 19.1. The Morgan fingerprint density at radius 3 is 2.62 bits per heavy atom. The monoisotopic (exact) mass is 300 g/mol. The second-order valence-electron chi connectivity index (χ2n) is 3.74. The van der Waals surface area contributed by atoms with Gasteiger partial charge in [-0.1, -0.05) is 0 Å². The number of anilines is 1. The molecule has 0 heterocycles. The van der Waals surface area contributed by atoms with E-state index in [0.717, 1.165) is 6.07 Å². The van der Waals surface area contributed by atoms with Gasteiger partial charge in [-0.15, -0.1) is 0 Å². The van der Waals surface area contributed by atoms with Crippen LogP contribution in [-0.2, 0) is 14.3 Å².